The Kier molecular flexibility index (Phi) is 4.33. The van der Waals surface area contributed by atoms with Crippen molar-refractivity contribution < 1.29 is 0 Å². The third-order valence-electron chi connectivity index (χ3n) is 2.94. The number of nitrogens with zero attached hydrogens (tertiary/aromatic N) is 5. The van der Waals surface area contributed by atoms with Gasteiger partial charge in [0.2, 0.25) is 0 Å². The molecule has 0 atom stereocenters. The molecule has 8 heteroatoms. The van der Waals surface area contributed by atoms with Crippen LogP contribution in [0.25, 0.3) is 0 Å². The first-order valence-electron chi connectivity index (χ1n) is 6.33. The van der Waals surface area contributed by atoms with Crippen LogP contribution in [0.1, 0.15) is 30.7 Å². The quantitative estimate of drug-likeness (QED) is 0.632. The standard InChI is InChI=1S/C12H17N7S/c1-4-7-8(5-2)17-18-11(9(7)10(13)14)20-12-15-6-16-19(12)3/h6H,4-5H2,1-3H3,(H3,13,14). The third-order valence-corrected chi connectivity index (χ3v) is 3.97. The highest BCUT2D eigenvalue weighted by atomic mass is 32.2. The summed E-state index contributed by atoms with van der Waals surface area (Å²) in [5.41, 5.74) is 8.28. The monoisotopic (exact) mass is 291 g/mol. The fraction of sp³-hybridized carbons (Fsp3) is 0.417. The van der Waals surface area contributed by atoms with E-state index in [1.165, 1.54) is 18.1 Å². The van der Waals surface area contributed by atoms with Crippen LogP contribution < -0.4 is 5.73 Å². The maximum absolute atomic E-state index is 7.83. The second-order valence-corrected chi connectivity index (χ2v) is 5.15. The summed E-state index contributed by atoms with van der Waals surface area (Å²) < 4.78 is 1.65. The second kappa shape index (κ2) is 6.00. The molecule has 0 radical (unpaired) electrons. The lowest BCUT2D eigenvalue weighted by Gasteiger charge is -2.13. The minimum Gasteiger partial charge on any atom is -0.384 e. The van der Waals surface area contributed by atoms with Gasteiger partial charge >= 0.3 is 0 Å². The summed E-state index contributed by atoms with van der Waals surface area (Å²) in [4.78, 5) is 4.15. The molecular weight excluding hydrogens is 274 g/mol. The van der Waals surface area contributed by atoms with E-state index in [-0.39, 0.29) is 5.84 Å². The van der Waals surface area contributed by atoms with Crippen LogP contribution in [-0.2, 0) is 19.9 Å². The van der Waals surface area contributed by atoms with Crippen molar-refractivity contribution in [3.63, 3.8) is 0 Å². The molecule has 2 rings (SSSR count). The van der Waals surface area contributed by atoms with Crippen molar-refractivity contribution in [1.82, 2.24) is 25.0 Å². The minimum atomic E-state index is 0.0103. The highest BCUT2D eigenvalue weighted by molar-refractivity contribution is 7.99. The average Bonchev–Trinajstić information content (AvgIpc) is 2.83. The summed E-state index contributed by atoms with van der Waals surface area (Å²) in [6, 6.07) is 0. The van der Waals surface area contributed by atoms with Crippen molar-refractivity contribution in [2.75, 3.05) is 0 Å². The van der Waals surface area contributed by atoms with E-state index in [4.69, 9.17) is 11.1 Å². The van der Waals surface area contributed by atoms with E-state index in [2.05, 4.69) is 20.3 Å². The number of amidine groups is 1. The van der Waals surface area contributed by atoms with Crippen LogP contribution in [0.15, 0.2) is 16.5 Å². The number of nitrogens with two attached hydrogens (primary N) is 1. The molecule has 20 heavy (non-hydrogen) atoms. The van der Waals surface area contributed by atoms with Gasteiger partial charge in [0.05, 0.1) is 11.3 Å². The number of aromatic nitrogens is 5. The topological polar surface area (TPSA) is 106 Å². The zero-order valence-electron chi connectivity index (χ0n) is 11.7. The number of nitrogen functional groups attached to an aromatic ring is 1. The van der Waals surface area contributed by atoms with E-state index in [1.807, 2.05) is 13.8 Å². The molecule has 3 N–H and O–H groups in total. The highest BCUT2D eigenvalue weighted by Crippen LogP contribution is 2.29. The Hall–Kier alpha value is -1.96. The van der Waals surface area contributed by atoms with Crippen molar-refractivity contribution in [3.8, 4) is 0 Å². The molecule has 2 aromatic rings. The zero-order chi connectivity index (χ0) is 14.7. The van der Waals surface area contributed by atoms with Gasteiger partial charge in [-0.25, -0.2) is 9.67 Å². The predicted molar refractivity (Wildman–Crippen MR) is 76.9 cm³/mol. The number of aryl methyl sites for hydroxylation is 2. The lowest BCUT2D eigenvalue weighted by molar-refractivity contribution is 0.683. The largest absolute Gasteiger partial charge is 0.384 e. The van der Waals surface area contributed by atoms with Gasteiger partial charge in [-0.3, -0.25) is 5.41 Å². The van der Waals surface area contributed by atoms with E-state index in [0.29, 0.717) is 15.7 Å². The molecule has 0 saturated heterocycles. The Morgan fingerprint density at radius 2 is 2.10 bits per heavy atom. The highest BCUT2D eigenvalue weighted by Gasteiger charge is 2.19. The normalized spacial score (nSPS) is 10.8. The SMILES string of the molecule is CCc1nnc(Sc2ncnn2C)c(C(=N)N)c1CC. The molecule has 0 spiro atoms. The van der Waals surface area contributed by atoms with E-state index in [1.54, 1.807) is 11.7 Å². The summed E-state index contributed by atoms with van der Waals surface area (Å²) >= 11 is 1.32. The Balaban J connectivity index is 2.53. The molecule has 0 amide bonds. The Morgan fingerprint density at radius 3 is 2.60 bits per heavy atom. The second-order valence-electron chi connectivity index (χ2n) is 4.19. The zero-order valence-corrected chi connectivity index (χ0v) is 12.5. The van der Waals surface area contributed by atoms with Crippen molar-refractivity contribution in [2.45, 2.75) is 36.9 Å². The first-order chi connectivity index (χ1) is 9.58. The first kappa shape index (κ1) is 14.4. The van der Waals surface area contributed by atoms with Gasteiger partial charge < -0.3 is 5.73 Å². The minimum absolute atomic E-state index is 0.0103. The molecule has 0 aliphatic heterocycles. The van der Waals surface area contributed by atoms with Gasteiger partial charge in [0.15, 0.2) is 5.16 Å². The molecule has 0 saturated carbocycles. The third kappa shape index (κ3) is 2.64. The van der Waals surface area contributed by atoms with Gasteiger partial charge in [0.1, 0.15) is 17.2 Å². The number of nitrogens with one attached hydrogen (secondary N) is 1. The number of rotatable bonds is 5. The smallest absolute Gasteiger partial charge is 0.192 e. The fourth-order valence-electron chi connectivity index (χ4n) is 1.97. The predicted octanol–water partition coefficient (Wildman–Crippen LogP) is 1.17. The van der Waals surface area contributed by atoms with Gasteiger partial charge in [-0.15, -0.1) is 5.10 Å². The maximum atomic E-state index is 7.83. The molecule has 0 aliphatic rings. The van der Waals surface area contributed by atoms with Crippen LogP contribution in [0.5, 0.6) is 0 Å². The Bertz CT molecular complexity index is 635. The van der Waals surface area contributed by atoms with Crippen LogP contribution in [0, 0.1) is 5.41 Å². The van der Waals surface area contributed by atoms with E-state index in [0.717, 1.165) is 24.1 Å². The molecule has 0 bridgehead atoms. The van der Waals surface area contributed by atoms with Gasteiger partial charge in [-0.05, 0) is 30.2 Å². The molecule has 106 valence electrons. The average molecular weight is 291 g/mol. The summed E-state index contributed by atoms with van der Waals surface area (Å²) in [6.45, 7) is 4.04. The van der Waals surface area contributed by atoms with Crippen LogP contribution in [0.3, 0.4) is 0 Å². The van der Waals surface area contributed by atoms with Crippen molar-refractivity contribution in [3.05, 3.63) is 23.1 Å². The Labute approximate surface area is 121 Å². The van der Waals surface area contributed by atoms with E-state index < -0.39 is 0 Å². The van der Waals surface area contributed by atoms with Crippen LogP contribution in [-0.4, -0.2) is 30.8 Å². The summed E-state index contributed by atoms with van der Waals surface area (Å²) in [6.07, 6.45) is 3.01. The number of hydrogen-bond donors (Lipinski definition) is 2. The number of hydrogen-bond acceptors (Lipinski definition) is 6. The molecule has 2 heterocycles. The summed E-state index contributed by atoms with van der Waals surface area (Å²) in [5.74, 6) is 0.0103. The van der Waals surface area contributed by atoms with Crippen molar-refractivity contribution >= 4 is 17.6 Å². The molecule has 0 aromatic carbocycles. The molecule has 7 nitrogen and oxygen atoms in total. The van der Waals surface area contributed by atoms with Gasteiger partial charge in [-0.1, -0.05) is 13.8 Å². The van der Waals surface area contributed by atoms with Crippen LogP contribution in [0.4, 0.5) is 0 Å². The first-order valence-corrected chi connectivity index (χ1v) is 7.14. The lowest BCUT2D eigenvalue weighted by Crippen LogP contribution is -2.18. The maximum Gasteiger partial charge on any atom is 0.192 e. The van der Waals surface area contributed by atoms with Crippen LogP contribution >= 0.6 is 11.8 Å². The van der Waals surface area contributed by atoms with Gasteiger partial charge in [0.25, 0.3) is 0 Å². The van der Waals surface area contributed by atoms with Gasteiger partial charge in [0, 0.05) is 7.05 Å². The lowest BCUT2D eigenvalue weighted by atomic mass is 10.0. The van der Waals surface area contributed by atoms with Gasteiger partial charge in [-0.2, -0.15) is 10.2 Å². The fourth-order valence-corrected chi connectivity index (χ4v) is 2.84. The van der Waals surface area contributed by atoms with E-state index >= 15 is 0 Å². The molecule has 0 aliphatic carbocycles. The molecule has 0 fully saturated rings. The van der Waals surface area contributed by atoms with Crippen molar-refractivity contribution in [1.29, 1.82) is 5.41 Å². The molecule has 2 aromatic heterocycles. The molecular formula is C12H17N7S. The summed E-state index contributed by atoms with van der Waals surface area (Å²) in [7, 11) is 1.80. The van der Waals surface area contributed by atoms with Crippen molar-refractivity contribution in [2.24, 2.45) is 12.8 Å². The Morgan fingerprint density at radius 1 is 1.35 bits per heavy atom. The van der Waals surface area contributed by atoms with E-state index in [9.17, 15) is 0 Å². The summed E-state index contributed by atoms with van der Waals surface area (Å²) in [5, 5.41) is 21.6. The van der Waals surface area contributed by atoms with Crippen LogP contribution in [0.2, 0.25) is 0 Å². The molecule has 0 unspecified atom stereocenters.